The fraction of sp³-hybridized carbons (Fsp3) is 0.0667. The first kappa shape index (κ1) is 12.4. The third kappa shape index (κ3) is 1.79. The second-order valence-corrected chi connectivity index (χ2v) is 5.20. The van der Waals surface area contributed by atoms with E-state index in [-0.39, 0.29) is 11.0 Å². The minimum atomic E-state index is -1.42. The lowest BCUT2D eigenvalue weighted by molar-refractivity contribution is 0.0966. The molecule has 0 aromatic heterocycles. The van der Waals surface area contributed by atoms with Gasteiger partial charge in [0.25, 0.3) is 0 Å². The van der Waals surface area contributed by atoms with Gasteiger partial charge in [-0.3, -0.25) is 4.79 Å². The van der Waals surface area contributed by atoms with Crippen molar-refractivity contribution in [2.75, 3.05) is 0 Å². The van der Waals surface area contributed by atoms with Crippen LogP contribution in [0.15, 0.2) is 59.6 Å². The van der Waals surface area contributed by atoms with Crippen molar-refractivity contribution in [2.45, 2.75) is 4.87 Å². The summed E-state index contributed by atoms with van der Waals surface area (Å²) in [5.41, 5.74) is 1.68. The number of benzene rings is 2. The van der Waals surface area contributed by atoms with E-state index in [1.165, 1.54) is 0 Å². The average molecular weight is 290 g/mol. The highest BCUT2D eigenvalue weighted by Crippen LogP contribution is 2.42. The second kappa shape index (κ2) is 4.48. The zero-order valence-electron chi connectivity index (χ0n) is 9.81. The minimum absolute atomic E-state index is 0.0871. The van der Waals surface area contributed by atoms with E-state index in [1.54, 1.807) is 30.3 Å². The zero-order valence-corrected chi connectivity index (χ0v) is 11.3. The summed E-state index contributed by atoms with van der Waals surface area (Å²) in [5, 5.41) is 0.0871. The summed E-state index contributed by atoms with van der Waals surface area (Å²) < 4.78 is 0. The van der Waals surface area contributed by atoms with Gasteiger partial charge in [-0.1, -0.05) is 65.7 Å². The molecule has 0 bridgehead atoms. The molecule has 1 atom stereocenters. The number of nitrogens with zero attached hydrogens (tertiary/aromatic N) is 1. The van der Waals surface area contributed by atoms with E-state index in [1.807, 2.05) is 24.3 Å². The Morgan fingerprint density at radius 2 is 1.58 bits per heavy atom. The Hall–Kier alpha value is -1.64. The van der Waals surface area contributed by atoms with Gasteiger partial charge in [0.2, 0.25) is 0 Å². The van der Waals surface area contributed by atoms with Gasteiger partial charge in [0.15, 0.2) is 10.7 Å². The molecule has 1 unspecified atom stereocenters. The van der Waals surface area contributed by atoms with Gasteiger partial charge in [0.1, 0.15) is 5.17 Å². The maximum Gasteiger partial charge on any atom is 0.197 e. The molecule has 94 valence electrons. The molecular weight excluding hydrogens is 281 g/mol. The van der Waals surface area contributed by atoms with Gasteiger partial charge in [0, 0.05) is 5.56 Å². The molecule has 4 heteroatoms. The summed E-state index contributed by atoms with van der Waals surface area (Å²) in [6.07, 6.45) is 0. The van der Waals surface area contributed by atoms with Crippen LogP contribution in [0.4, 0.5) is 5.69 Å². The van der Waals surface area contributed by atoms with Crippen LogP contribution in [0.5, 0.6) is 0 Å². The number of Topliss-reactive ketones (excluding diaryl/α,β-unsaturated/α-hetero) is 1. The molecule has 1 aliphatic heterocycles. The molecular formula is C15H9Cl2NO. The molecule has 1 aliphatic rings. The number of aliphatic imine (C=N–C) groups is 1. The number of carbonyl (C=O) groups is 1. The van der Waals surface area contributed by atoms with Gasteiger partial charge in [0.05, 0.1) is 5.69 Å². The van der Waals surface area contributed by atoms with Crippen molar-refractivity contribution in [3.63, 3.8) is 0 Å². The van der Waals surface area contributed by atoms with E-state index in [0.717, 1.165) is 0 Å². The lowest BCUT2D eigenvalue weighted by atomic mass is 9.88. The summed E-state index contributed by atoms with van der Waals surface area (Å²) in [5.74, 6) is -0.240. The van der Waals surface area contributed by atoms with Crippen LogP contribution in [0.2, 0.25) is 0 Å². The highest BCUT2D eigenvalue weighted by Gasteiger charge is 2.46. The average Bonchev–Trinajstić information content (AvgIpc) is 2.46. The van der Waals surface area contributed by atoms with Gasteiger partial charge in [-0.2, -0.15) is 0 Å². The molecule has 0 saturated heterocycles. The van der Waals surface area contributed by atoms with Crippen molar-refractivity contribution in [3.8, 4) is 0 Å². The second-order valence-electron chi connectivity index (χ2n) is 4.27. The zero-order chi connectivity index (χ0) is 13.5. The highest BCUT2D eigenvalue weighted by molar-refractivity contribution is 6.77. The summed E-state index contributed by atoms with van der Waals surface area (Å²) in [6.45, 7) is 0. The number of hydrogen-bond acceptors (Lipinski definition) is 2. The summed E-state index contributed by atoms with van der Waals surface area (Å²) in [4.78, 5) is 15.5. The van der Waals surface area contributed by atoms with Crippen molar-refractivity contribution < 1.29 is 4.79 Å². The van der Waals surface area contributed by atoms with Gasteiger partial charge in [-0.05, 0) is 17.7 Å². The first-order valence-electron chi connectivity index (χ1n) is 5.77. The SMILES string of the molecule is O=C1c2ccccc2N=C(Cl)C1(Cl)c1ccccc1. The Morgan fingerprint density at radius 1 is 0.947 bits per heavy atom. The van der Waals surface area contributed by atoms with Crippen LogP contribution in [0, 0.1) is 0 Å². The highest BCUT2D eigenvalue weighted by atomic mass is 35.5. The molecule has 0 spiro atoms. The molecule has 1 heterocycles. The molecule has 19 heavy (non-hydrogen) atoms. The predicted molar refractivity (Wildman–Crippen MR) is 77.7 cm³/mol. The molecule has 0 fully saturated rings. The van der Waals surface area contributed by atoms with E-state index in [2.05, 4.69) is 4.99 Å². The van der Waals surface area contributed by atoms with E-state index in [0.29, 0.717) is 16.8 Å². The van der Waals surface area contributed by atoms with Crippen LogP contribution in [0.25, 0.3) is 0 Å². The van der Waals surface area contributed by atoms with Gasteiger partial charge in [-0.15, -0.1) is 0 Å². The van der Waals surface area contributed by atoms with Crippen LogP contribution in [-0.4, -0.2) is 11.0 Å². The monoisotopic (exact) mass is 289 g/mol. The maximum atomic E-state index is 12.7. The summed E-state index contributed by atoms with van der Waals surface area (Å²) in [6, 6.07) is 16.1. The number of fused-ring (bicyclic) bond motifs is 1. The first-order chi connectivity index (χ1) is 9.14. The molecule has 3 rings (SSSR count). The molecule has 2 nitrogen and oxygen atoms in total. The first-order valence-corrected chi connectivity index (χ1v) is 6.52. The van der Waals surface area contributed by atoms with Crippen molar-refractivity contribution in [1.82, 2.24) is 0 Å². The lowest BCUT2D eigenvalue weighted by Gasteiger charge is -2.28. The third-order valence-electron chi connectivity index (χ3n) is 3.14. The van der Waals surface area contributed by atoms with Crippen LogP contribution >= 0.6 is 23.2 Å². The minimum Gasteiger partial charge on any atom is -0.291 e. The van der Waals surface area contributed by atoms with Gasteiger partial charge in [-0.25, -0.2) is 4.99 Å². The fourth-order valence-corrected chi connectivity index (χ4v) is 2.70. The maximum absolute atomic E-state index is 12.7. The number of alkyl halides is 1. The summed E-state index contributed by atoms with van der Waals surface area (Å²) in [7, 11) is 0. The number of rotatable bonds is 1. The van der Waals surface area contributed by atoms with Crippen LogP contribution in [0.3, 0.4) is 0 Å². The van der Waals surface area contributed by atoms with E-state index < -0.39 is 4.87 Å². The van der Waals surface area contributed by atoms with Gasteiger partial charge < -0.3 is 0 Å². The molecule has 2 aromatic carbocycles. The summed E-state index contributed by atoms with van der Waals surface area (Å²) >= 11 is 12.7. The van der Waals surface area contributed by atoms with Crippen molar-refractivity contribution >= 4 is 39.8 Å². The Labute approximate surface area is 120 Å². The predicted octanol–water partition coefficient (Wildman–Crippen LogP) is 4.29. The van der Waals surface area contributed by atoms with Gasteiger partial charge >= 0.3 is 0 Å². The largest absolute Gasteiger partial charge is 0.291 e. The molecule has 2 aromatic rings. The quantitative estimate of drug-likeness (QED) is 0.720. The fourth-order valence-electron chi connectivity index (χ4n) is 2.14. The molecule has 0 saturated carbocycles. The standard InChI is InChI=1S/C15H9Cl2NO/c16-14-15(17,10-6-2-1-3-7-10)13(19)11-8-4-5-9-12(11)18-14/h1-9H. The Kier molecular flexibility index (Phi) is 2.92. The Morgan fingerprint density at radius 3 is 2.32 bits per heavy atom. The van der Waals surface area contributed by atoms with Crippen LogP contribution in [-0.2, 0) is 4.87 Å². The topological polar surface area (TPSA) is 29.4 Å². The number of carbonyl (C=O) groups excluding carboxylic acids is 1. The number of ketones is 1. The van der Waals surface area contributed by atoms with E-state index in [9.17, 15) is 4.79 Å². The molecule has 0 amide bonds. The van der Waals surface area contributed by atoms with Crippen molar-refractivity contribution in [3.05, 3.63) is 65.7 Å². The number of hydrogen-bond donors (Lipinski definition) is 0. The van der Waals surface area contributed by atoms with Crippen LogP contribution in [0.1, 0.15) is 15.9 Å². The third-order valence-corrected chi connectivity index (χ3v) is 4.17. The van der Waals surface area contributed by atoms with Crippen molar-refractivity contribution in [1.29, 1.82) is 0 Å². The van der Waals surface area contributed by atoms with Crippen LogP contribution < -0.4 is 0 Å². The Bertz CT molecular complexity index is 682. The Balaban J connectivity index is 2.23. The van der Waals surface area contributed by atoms with E-state index >= 15 is 0 Å². The number of halogens is 2. The molecule has 0 N–H and O–H groups in total. The van der Waals surface area contributed by atoms with Crippen molar-refractivity contribution in [2.24, 2.45) is 4.99 Å². The normalized spacial score (nSPS) is 21.8. The molecule has 0 aliphatic carbocycles. The number of para-hydroxylation sites is 1. The van der Waals surface area contributed by atoms with E-state index in [4.69, 9.17) is 23.2 Å². The smallest absolute Gasteiger partial charge is 0.197 e. The lowest BCUT2D eigenvalue weighted by Crippen LogP contribution is -2.38. The molecule has 0 radical (unpaired) electrons.